The van der Waals surface area contributed by atoms with E-state index in [1.807, 2.05) is 12.1 Å². The van der Waals surface area contributed by atoms with Crippen LogP contribution in [0.15, 0.2) is 54.7 Å². The first-order valence-electron chi connectivity index (χ1n) is 12.1. The molecule has 0 aliphatic carbocycles. The fraction of sp³-hybridized carbons (Fsp3) is 0.259. The Bertz CT molecular complexity index is 1310. The Morgan fingerprint density at radius 1 is 0.892 bits per heavy atom. The summed E-state index contributed by atoms with van der Waals surface area (Å²) >= 11 is 0. The Morgan fingerprint density at radius 2 is 1.65 bits per heavy atom. The summed E-state index contributed by atoms with van der Waals surface area (Å²) in [4.78, 5) is 54.2. The molecule has 0 saturated carbocycles. The van der Waals surface area contributed by atoms with Crippen molar-refractivity contribution >= 4 is 46.8 Å². The summed E-state index contributed by atoms with van der Waals surface area (Å²) in [5.41, 5.74) is 4.01. The second-order valence-electron chi connectivity index (χ2n) is 9.26. The first kappa shape index (κ1) is 24.3. The molecule has 3 N–H and O–H groups in total. The van der Waals surface area contributed by atoms with Crippen molar-refractivity contribution in [3.63, 3.8) is 0 Å². The molecule has 5 amide bonds. The minimum absolute atomic E-state index is 0.0247. The Balaban J connectivity index is 1.31. The number of urea groups is 1. The van der Waals surface area contributed by atoms with Gasteiger partial charge in [-0.25, -0.2) is 4.79 Å². The Hall–Kier alpha value is -4.44. The van der Waals surface area contributed by atoms with Crippen molar-refractivity contribution in [1.82, 2.24) is 20.4 Å². The first-order chi connectivity index (χ1) is 17.9. The second-order valence-corrected chi connectivity index (χ2v) is 9.26. The topological polar surface area (TPSA) is 114 Å². The van der Waals surface area contributed by atoms with Gasteiger partial charge in [0.25, 0.3) is 11.8 Å². The molecule has 10 nitrogen and oxygen atoms in total. The van der Waals surface area contributed by atoms with Crippen molar-refractivity contribution < 1.29 is 19.2 Å². The molecule has 190 valence electrons. The Kier molecular flexibility index (Phi) is 6.74. The molecule has 3 aliphatic heterocycles. The highest BCUT2D eigenvalue weighted by Crippen LogP contribution is 2.27. The highest BCUT2D eigenvalue weighted by atomic mass is 16.2. The minimum atomic E-state index is -0.479. The highest BCUT2D eigenvalue weighted by Gasteiger charge is 2.28. The predicted octanol–water partition coefficient (Wildman–Crippen LogP) is 1.73. The lowest BCUT2D eigenvalue weighted by atomic mass is 9.93. The number of amides is 5. The molecule has 10 heteroatoms. The minimum Gasteiger partial charge on any atom is -0.369 e. The number of likely N-dealkylation sites (N-methyl/N-ethyl adjacent to an activating group) is 1. The average Bonchev–Trinajstić information content (AvgIpc) is 3.21. The highest BCUT2D eigenvalue weighted by molar-refractivity contribution is 6.31. The van der Waals surface area contributed by atoms with E-state index in [1.165, 1.54) is 4.90 Å². The SMILES string of the molecule is CN1CCN(c2ccc(N/C=C3\C(=O)NC(=O)c4ccc(/C=C/CN5CC(=O)NC5=O)cc43)cc2)CC1. The van der Waals surface area contributed by atoms with Gasteiger partial charge in [0.2, 0.25) is 5.91 Å². The zero-order valence-corrected chi connectivity index (χ0v) is 20.5. The van der Waals surface area contributed by atoms with Crippen LogP contribution in [0.2, 0.25) is 0 Å². The van der Waals surface area contributed by atoms with Gasteiger partial charge in [-0.2, -0.15) is 0 Å². The third-order valence-corrected chi connectivity index (χ3v) is 6.67. The molecule has 0 aromatic heterocycles. The lowest BCUT2D eigenvalue weighted by Crippen LogP contribution is -2.44. The first-order valence-corrected chi connectivity index (χ1v) is 12.1. The number of rotatable bonds is 6. The van der Waals surface area contributed by atoms with Crippen LogP contribution in [0.25, 0.3) is 11.6 Å². The molecule has 2 aromatic rings. The normalized spacial score (nSPS) is 19.4. The van der Waals surface area contributed by atoms with Crippen LogP contribution in [0.5, 0.6) is 0 Å². The number of imide groups is 2. The monoisotopic (exact) mass is 500 g/mol. The fourth-order valence-corrected chi connectivity index (χ4v) is 4.52. The molecule has 2 fully saturated rings. The molecule has 0 radical (unpaired) electrons. The lowest BCUT2D eigenvalue weighted by Gasteiger charge is -2.34. The van der Waals surface area contributed by atoms with Gasteiger partial charge in [-0.1, -0.05) is 18.2 Å². The van der Waals surface area contributed by atoms with Crippen LogP contribution in [0, 0.1) is 0 Å². The van der Waals surface area contributed by atoms with Gasteiger partial charge >= 0.3 is 6.03 Å². The number of hydrogen-bond donors (Lipinski definition) is 3. The van der Waals surface area contributed by atoms with Crippen LogP contribution in [0.3, 0.4) is 0 Å². The number of nitrogens with one attached hydrogen (secondary N) is 3. The van der Waals surface area contributed by atoms with Crippen LogP contribution in [0.4, 0.5) is 16.2 Å². The zero-order chi connectivity index (χ0) is 25.9. The number of piperazine rings is 1. The van der Waals surface area contributed by atoms with E-state index in [2.05, 4.69) is 44.9 Å². The number of fused-ring (bicyclic) bond motifs is 1. The maximum Gasteiger partial charge on any atom is 0.324 e. The van der Waals surface area contributed by atoms with Crippen molar-refractivity contribution in [2.24, 2.45) is 0 Å². The molecular formula is C27H28N6O4. The number of benzene rings is 2. The van der Waals surface area contributed by atoms with E-state index in [4.69, 9.17) is 0 Å². The van der Waals surface area contributed by atoms with Crippen molar-refractivity contribution in [3.8, 4) is 0 Å². The second kappa shape index (κ2) is 10.3. The molecular weight excluding hydrogens is 472 g/mol. The van der Waals surface area contributed by atoms with Gasteiger partial charge in [0.15, 0.2) is 0 Å². The van der Waals surface area contributed by atoms with Gasteiger partial charge in [-0.15, -0.1) is 0 Å². The van der Waals surface area contributed by atoms with Gasteiger partial charge in [-0.05, 0) is 49.0 Å². The lowest BCUT2D eigenvalue weighted by molar-refractivity contribution is -0.118. The molecule has 0 bridgehead atoms. The van der Waals surface area contributed by atoms with Gasteiger partial charge in [-0.3, -0.25) is 25.0 Å². The molecule has 2 aromatic carbocycles. The summed E-state index contributed by atoms with van der Waals surface area (Å²) < 4.78 is 0. The molecule has 3 aliphatic rings. The fourth-order valence-electron chi connectivity index (χ4n) is 4.52. The van der Waals surface area contributed by atoms with Crippen molar-refractivity contribution in [3.05, 3.63) is 71.4 Å². The van der Waals surface area contributed by atoms with Crippen molar-refractivity contribution in [1.29, 1.82) is 0 Å². The summed E-state index contributed by atoms with van der Waals surface area (Å²) in [5, 5.41) is 7.81. The number of carbonyl (C=O) groups is 4. The van der Waals surface area contributed by atoms with Crippen LogP contribution < -0.4 is 20.9 Å². The van der Waals surface area contributed by atoms with E-state index in [0.717, 1.165) is 43.1 Å². The third-order valence-electron chi connectivity index (χ3n) is 6.67. The quantitative estimate of drug-likeness (QED) is 0.314. The molecule has 3 heterocycles. The molecule has 0 atom stereocenters. The van der Waals surface area contributed by atoms with E-state index >= 15 is 0 Å². The maximum atomic E-state index is 12.7. The number of hydrogen-bond acceptors (Lipinski definition) is 7. The summed E-state index contributed by atoms with van der Waals surface area (Å²) in [5.74, 6) is -1.25. The summed E-state index contributed by atoms with van der Waals surface area (Å²) in [6.45, 7) is 4.32. The number of anilines is 2. The summed E-state index contributed by atoms with van der Waals surface area (Å²) in [6.07, 6.45) is 5.16. The largest absolute Gasteiger partial charge is 0.369 e. The maximum absolute atomic E-state index is 12.7. The van der Waals surface area contributed by atoms with Gasteiger partial charge in [0.1, 0.15) is 6.54 Å². The standard InChI is InChI=1S/C27H28N6O4/c1-31-11-13-32(14-12-31)20-7-5-19(6-8-20)28-16-23-22-15-18(4-9-21(22)25(35)30-26(23)36)3-2-10-33-17-24(34)29-27(33)37/h2-9,15-16,28H,10-14,17H2,1H3,(H,29,34,37)(H,30,35,36)/b3-2+,23-16-. The van der Waals surface area contributed by atoms with E-state index in [0.29, 0.717) is 16.7 Å². The summed E-state index contributed by atoms with van der Waals surface area (Å²) in [7, 11) is 2.13. The zero-order valence-electron chi connectivity index (χ0n) is 20.5. The van der Waals surface area contributed by atoms with Crippen LogP contribution in [0.1, 0.15) is 21.5 Å². The number of carbonyl (C=O) groups excluding carboxylic acids is 4. The van der Waals surface area contributed by atoms with Gasteiger partial charge in [0, 0.05) is 61.4 Å². The van der Waals surface area contributed by atoms with E-state index in [9.17, 15) is 19.2 Å². The predicted molar refractivity (Wildman–Crippen MR) is 141 cm³/mol. The van der Waals surface area contributed by atoms with Gasteiger partial charge < -0.3 is 20.0 Å². The van der Waals surface area contributed by atoms with Crippen LogP contribution in [-0.4, -0.2) is 79.9 Å². The molecule has 0 spiro atoms. The third kappa shape index (κ3) is 5.39. The molecule has 5 rings (SSSR count). The van der Waals surface area contributed by atoms with Crippen LogP contribution in [-0.2, 0) is 9.59 Å². The Morgan fingerprint density at radius 3 is 2.35 bits per heavy atom. The van der Waals surface area contributed by atoms with Gasteiger partial charge in [0.05, 0.1) is 5.57 Å². The van der Waals surface area contributed by atoms with Crippen molar-refractivity contribution in [2.45, 2.75) is 0 Å². The average molecular weight is 501 g/mol. The Labute approximate surface area is 214 Å². The van der Waals surface area contributed by atoms with E-state index < -0.39 is 17.8 Å². The molecule has 0 unspecified atom stereocenters. The number of nitrogens with zero attached hydrogens (tertiary/aromatic N) is 3. The van der Waals surface area contributed by atoms with Crippen molar-refractivity contribution in [2.75, 3.05) is 56.5 Å². The van der Waals surface area contributed by atoms with E-state index in [-0.39, 0.29) is 19.0 Å². The molecule has 37 heavy (non-hydrogen) atoms. The van der Waals surface area contributed by atoms with E-state index in [1.54, 1.807) is 36.6 Å². The smallest absolute Gasteiger partial charge is 0.324 e. The van der Waals surface area contributed by atoms with Crippen LogP contribution >= 0.6 is 0 Å². The summed E-state index contributed by atoms with van der Waals surface area (Å²) in [6, 6.07) is 12.8. The molecule has 2 saturated heterocycles.